The largest absolute Gasteiger partial charge is 0.497 e. The van der Waals surface area contributed by atoms with Gasteiger partial charge < -0.3 is 10.1 Å². The zero-order valence-electron chi connectivity index (χ0n) is 12.7. The van der Waals surface area contributed by atoms with Gasteiger partial charge in [-0.15, -0.1) is 0 Å². The van der Waals surface area contributed by atoms with Gasteiger partial charge in [0.15, 0.2) is 0 Å². The number of methoxy groups -OCH3 is 1. The molecule has 0 aliphatic rings. The van der Waals surface area contributed by atoms with Crippen molar-refractivity contribution in [2.45, 2.75) is 33.4 Å². The number of ether oxygens (including phenoxy) is 1. The predicted molar refractivity (Wildman–Crippen MR) is 81.2 cm³/mol. The summed E-state index contributed by atoms with van der Waals surface area (Å²) in [7, 11) is 1.70. The third-order valence-corrected chi connectivity index (χ3v) is 3.36. The molecule has 0 saturated heterocycles. The van der Waals surface area contributed by atoms with Gasteiger partial charge in [-0.05, 0) is 44.2 Å². The van der Waals surface area contributed by atoms with E-state index in [-0.39, 0.29) is 6.04 Å². The molecule has 0 aliphatic heterocycles. The van der Waals surface area contributed by atoms with Crippen LogP contribution in [0.2, 0.25) is 0 Å². The van der Waals surface area contributed by atoms with Crippen molar-refractivity contribution in [2.24, 2.45) is 0 Å². The molecule has 0 amide bonds. The molecule has 0 fully saturated rings. The normalized spacial score (nSPS) is 12.4. The number of aryl methyl sites for hydroxylation is 2. The Morgan fingerprint density at radius 1 is 1.30 bits per heavy atom. The second kappa shape index (κ2) is 6.57. The first kappa shape index (κ1) is 14.6. The minimum atomic E-state index is 0.135. The van der Waals surface area contributed by atoms with Gasteiger partial charge >= 0.3 is 0 Å². The van der Waals surface area contributed by atoms with E-state index >= 15 is 0 Å². The van der Waals surface area contributed by atoms with Crippen LogP contribution in [0.4, 0.5) is 0 Å². The highest BCUT2D eigenvalue weighted by Crippen LogP contribution is 2.25. The summed E-state index contributed by atoms with van der Waals surface area (Å²) < 4.78 is 7.39. The second-order valence-corrected chi connectivity index (χ2v) is 4.79. The van der Waals surface area contributed by atoms with Crippen LogP contribution in [0.1, 0.15) is 36.8 Å². The van der Waals surface area contributed by atoms with Crippen molar-refractivity contribution in [1.29, 1.82) is 0 Å². The number of hydrogen-bond acceptors (Lipinski definition) is 3. The molecule has 1 atom stereocenters. The lowest BCUT2D eigenvalue weighted by Crippen LogP contribution is -2.24. The Balaban J connectivity index is 2.43. The van der Waals surface area contributed by atoms with Crippen LogP contribution in [0.25, 0.3) is 0 Å². The van der Waals surface area contributed by atoms with E-state index in [0.717, 1.165) is 24.5 Å². The molecule has 1 heterocycles. The Labute approximate surface area is 120 Å². The summed E-state index contributed by atoms with van der Waals surface area (Å²) in [5, 5.41) is 8.08. The molecular weight excluding hydrogens is 250 g/mol. The summed E-state index contributed by atoms with van der Waals surface area (Å²) >= 11 is 0. The van der Waals surface area contributed by atoms with Crippen molar-refractivity contribution in [2.75, 3.05) is 13.7 Å². The van der Waals surface area contributed by atoms with Crippen molar-refractivity contribution < 1.29 is 4.74 Å². The maximum atomic E-state index is 5.33. The minimum absolute atomic E-state index is 0.135. The van der Waals surface area contributed by atoms with Crippen molar-refractivity contribution in [3.05, 3.63) is 47.3 Å². The lowest BCUT2D eigenvalue weighted by Gasteiger charge is -2.20. The molecule has 0 spiro atoms. The summed E-state index contributed by atoms with van der Waals surface area (Å²) in [5.41, 5.74) is 3.44. The number of hydrogen-bond donors (Lipinski definition) is 1. The number of benzene rings is 1. The molecule has 1 unspecified atom stereocenters. The summed E-state index contributed by atoms with van der Waals surface area (Å²) in [4.78, 5) is 0. The molecular formula is C16H23N3O. The van der Waals surface area contributed by atoms with Crippen LogP contribution in [0.3, 0.4) is 0 Å². The highest BCUT2D eigenvalue weighted by atomic mass is 16.5. The monoisotopic (exact) mass is 273 g/mol. The van der Waals surface area contributed by atoms with Crippen molar-refractivity contribution in [3.63, 3.8) is 0 Å². The highest BCUT2D eigenvalue weighted by Gasteiger charge is 2.18. The average Bonchev–Trinajstić information content (AvgIpc) is 2.85. The van der Waals surface area contributed by atoms with Crippen LogP contribution in [0.5, 0.6) is 5.75 Å². The number of rotatable bonds is 6. The van der Waals surface area contributed by atoms with E-state index in [4.69, 9.17) is 4.74 Å². The fraction of sp³-hybridized carbons (Fsp3) is 0.438. The second-order valence-electron chi connectivity index (χ2n) is 4.79. The lowest BCUT2D eigenvalue weighted by molar-refractivity contribution is 0.413. The summed E-state index contributed by atoms with van der Waals surface area (Å²) in [6.07, 6.45) is 0. The van der Waals surface area contributed by atoms with Crippen molar-refractivity contribution >= 4 is 0 Å². The Kier molecular flexibility index (Phi) is 4.79. The van der Waals surface area contributed by atoms with Gasteiger partial charge in [-0.25, -0.2) is 0 Å². The van der Waals surface area contributed by atoms with E-state index in [1.807, 2.05) is 19.1 Å². The van der Waals surface area contributed by atoms with Crippen molar-refractivity contribution in [1.82, 2.24) is 15.1 Å². The molecule has 2 aromatic rings. The van der Waals surface area contributed by atoms with Gasteiger partial charge in [-0.1, -0.05) is 19.1 Å². The van der Waals surface area contributed by atoms with Crippen LogP contribution in [0.15, 0.2) is 30.3 Å². The topological polar surface area (TPSA) is 39.1 Å². The zero-order valence-corrected chi connectivity index (χ0v) is 12.7. The highest BCUT2D eigenvalue weighted by molar-refractivity contribution is 5.35. The third-order valence-electron chi connectivity index (χ3n) is 3.36. The summed E-state index contributed by atoms with van der Waals surface area (Å²) in [5.74, 6) is 0.879. The van der Waals surface area contributed by atoms with Gasteiger partial charge in [0.1, 0.15) is 5.75 Å². The van der Waals surface area contributed by atoms with Gasteiger partial charge in [-0.3, -0.25) is 4.68 Å². The SMILES string of the molecule is CCNC(c1cccc(OC)c1)c1cc(C)nn1CC. The maximum absolute atomic E-state index is 5.33. The lowest BCUT2D eigenvalue weighted by atomic mass is 10.0. The number of nitrogens with one attached hydrogen (secondary N) is 1. The van der Waals surface area contributed by atoms with Gasteiger partial charge in [0.25, 0.3) is 0 Å². The first-order valence-electron chi connectivity index (χ1n) is 7.11. The molecule has 20 heavy (non-hydrogen) atoms. The molecule has 0 saturated carbocycles. The molecule has 108 valence electrons. The Morgan fingerprint density at radius 3 is 2.75 bits per heavy atom. The maximum Gasteiger partial charge on any atom is 0.119 e. The van der Waals surface area contributed by atoms with Gasteiger partial charge in [0, 0.05) is 6.54 Å². The first-order valence-corrected chi connectivity index (χ1v) is 7.11. The standard InChI is InChI=1S/C16H23N3O/c1-5-17-16(13-8-7-9-14(11-13)20-4)15-10-12(3)18-19(15)6-2/h7-11,16-17H,5-6H2,1-4H3. The molecule has 0 radical (unpaired) electrons. The van der Waals surface area contributed by atoms with E-state index in [1.54, 1.807) is 7.11 Å². The smallest absolute Gasteiger partial charge is 0.119 e. The van der Waals surface area contributed by atoms with E-state index in [0.29, 0.717) is 0 Å². The molecule has 0 aliphatic carbocycles. The van der Waals surface area contributed by atoms with Gasteiger partial charge in [-0.2, -0.15) is 5.10 Å². The molecule has 4 nitrogen and oxygen atoms in total. The average molecular weight is 273 g/mol. The Morgan fingerprint density at radius 2 is 2.10 bits per heavy atom. The molecule has 1 aromatic carbocycles. The van der Waals surface area contributed by atoms with Crippen molar-refractivity contribution in [3.8, 4) is 5.75 Å². The molecule has 2 rings (SSSR count). The van der Waals surface area contributed by atoms with Crippen LogP contribution in [-0.4, -0.2) is 23.4 Å². The zero-order chi connectivity index (χ0) is 14.5. The number of aromatic nitrogens is 2. The minimum Gasteiger partial charge on any atom is -0.497 e. The fourth-order valence-corrected chi connectivity index (χ4v) is 2.47. The number of nitrogens with zero attached hydrogens (tertiary/aromatic N) is 2. The van der Waals surface area contributed by atoms with Crippen LogP contribution >= 0.6 is 0 Å². The van der Waals surface area contributed by atoms with Crippen LogP contribution < -0.4 is 10.1 Å². The molecule has 0 bridgehead atoms. The first-order chi connectivity index (χ1) is 9.69. The Bertz CT molecular complexity index is 563. The predicted octanol–water partition coefficient (Wildman–Crippen LogP) is 2.92. The van der Waals surface area contributed by atoms with Gasteiger partial charge in [0.05, 0.1) is 24.5 Å². The van der Waals surface area contributed by atoms with Gasteiger partial charge in [0.2, 0.25) is 0 Å². The molecule has 1 aromatic heterocycles. The summed E-state index contributed by atoms with van der Waals surface area (Å²) in [6.45, 7) is 8.03. The molecule has 4 heteroatoms. The van der Waals surface area contributed by atoms with E-state index in [1.165, 1.54) is 11.3 Å². The quantitative estimate of drug-likeness (QED) is 0.879. The summed E-state index contributed by atoms with van der Waals surface area (Å²) in [6, 6.07) is 10.5. The van der Waals surface area contributed by atoms with E-state index in [9.17, 15) is 0 Å². The van der Waals surface area contributed by atoms with Crippen LogP contribution in [0, 0.1) is 6.92 Å². The van der Waals surface area contributed by atoms with E-state index < -0.39 is 0 Å². The third kappa shape index (κ3) is 3.02. The van der Waals surface area contributed by atoms with E-state index in [2.05, 4.69) is 47.1 Å². The van der Waals surface area contributed by atoms with Crippen LogP contribution in [-0.2, 0) is 6.54 Å². The Hall–Kier alpha value is -1.81. The molecule has 1 N–H and O–H groups in total. The fourth-order valence-electron chi connectivity index (χ4n) is 2.47.